The lowest BCUT2D eigenvalue weighted by atomic mass is 10.0. The van der Waals surface area contributed by atoms with E-state index in [0.717, 1.165) is 59.2 Å². The molecule has 1 aromatic carbocycles. The van der Waals surface area contributed by atoms with Gasteiger partial charge in [-0.05, 0) is 55.3 Å². The molecule has 1 aliphatic heterocycles. The quantitative estimate of drug-likeness (QED) is 0.389. The summed E-state index contributed by atoms with van der Waals surface area (Å²) in [5.74, 6) is 0.284. The van der Waals surface area contributed by atoms with Crippen molar-refractivity contribution >= 4 is 28.5 Å². The summed E-state index contributed by atoms with van der Waals surface area (Å²) < 4.78 is 7.49. The Kier molecular flexibility index (Phi) is 6.26. The lowest BCUT2D eigenvalue weighted by Crippen LogP contribution is -2.29. The molecule has 176 valence electrons. The molecule has 0 radical (unpaired) electrons. The van der Waals surface area contributed by atoms with Crippen molar-refractivity contribution < 1.29 is 9.53 Å². The van der Waals surface area contributed by atoms with Gasteiger partial charge in [-0.2, -0.15) is 5.10 Å². The fourth-order valence-corrected chi connectivity index (χ4v) is 4.79. The van der Waals surface area contributed by atoms with Crippen molar-refractivity contribution in [1.29, 1.82) is 0 Å². The summed E-state index contributed by atoms with van der Waals surface area (Å²) in [5, 5.41) is 12.2. The summed E-state index contributed by atoms with van der Waals surface area (Å²) in [6, 6.07) is 6.02. The predicted molar refractivity (Wildman–Crippen MR) is 133 cm³/mol. The fraction of sp³-hybridized carbons (Fsp3) is 0.320. The zero-order chi connectivity index (χ0) is 23.7. The van der Waals surface area contributed by atoms with E-state index in [2.05, 4.69) is 42.6 Å². The summed E-state index contributed by atoms with van der Waals surface area (Å²) in [7, 11) is 3.15. The maximum absolute atomic E-state index is 12.2. The van der Waals surface area contributed by atoms with Crippen LogP contribution in [0.3, 0.4) is 0 Å². The minimum absolute atomic E-state index is 0.190. The first-order chi connectivity index (χ1) is 16.6. The number of rotatable bonds is 6. The normalized spacial score (nSPS) is 14.4. The van der Waals surface area contributed by atoms with Crippen molar-refractivity contribution in [3.63, 3.8) is 0 Å². The highest BCUT2D eigenvalue weighted by molar-refractivity contribution is 6.33. The molecule has 4 aromatic rings. The van der Waals surface area contributed by atoms with Crippen LogP contribution in [0, 0.1) is 0 Å². The highest BCUT2D eigenvalue weighted by Crippen LogP contribution is 2.33. The Morgan fingerprint density at radius 1 is 1.21 bits per heavy atom. The Labute approximate surface area is 202 Å². The lowest BCUT2D eigenvalue weighted by Gasteiger charge is -2.22. The largest absolute Gasteiger partial charge is 0.495 e. The molecular formula is C25H27ClN6O2. The van der Waals surface area contributed by atoms with E-state index >= 15 is 0 Å². The molecule has 1 aliphatic rings. The molecule has 34 heavy (non-hydrogen) atoms. The van der Waals surface area contributed by atoms with Gasteiger partial charge < -0.3 is 20.4 Å². The zero-order valence-electron chi connectivity index (χ0n) is 19.2. The van der Waals surface area contributed by atoms with Crippen molar-refractivity contribution in [2.45, 2.75) is 25.3 Å². The molecule has 8 nitrogen and oxygen atoms in total. The minimum atomic E-state index is -0.190. The van der Waals surface area contributed by atoms with Gasteiger partial charge in [0.25, 0.3) is 5.91 Å². The van der Waals surface area contributed by atoms with Gasteiger partial charge in [-0.3, -0.25) is 9.48 Å². The third-order valence-electron chi connectivity index (χ3n) is 6.44. The average Bonchev–Trinajstić information content (AvgIpc) is 3.53. The summed E-state index contributed by atoms with van der Waals surface area (Å²) in [5.41, 5.74) is 5.20. The number of methoxy groups -OCH3 is 1. The Morgan fingerprint density at radius 3 is 2.79 bits per heavy atom. The van der Waals surface area contributed by atoms with Crippen molar-refractivity contribution in [2.24, 2.45) is 0 Å². The molecule has 1 fully saturated rings. The standard InChI is InChI=1S/C25H27ClN6O2/c1-27-25(33)16-7-15(23(26)22(10-16)34-2)8-18-12-30-24-21(18)9-17(11-29-24)19-13-31-32(14-19)20-3-5-28-6-4-20/h7,9-14,20,28H,3-6,8H2,1-2H3,(H,27,33)(H,29,30). The highest BCUT2D eigenvalue weighted by atomic mass is 35.5. The number of nitrogens with zero attached hydrogens (tertiary/aromatic N) is 3. The lowest BCUT2D eigenvalue weighted by molar-refractivity contribution is 0.0962. The minimum Gasteiger partial charge on any atom is -0.495 e. The number of hydrogen-bond donors (Lipinski definition) is 3. The van der Waals surface area contributed by atoms with Gasteiger partial charge in [0, 0.05) is 54.1 Å². The van der Waals surface area contributed by atoms with Crippen LogP contribution in [0.5, 0.6) is 5.75 Å². The smallest absolute Gasteiger partial charge is 0.251 e. The third kappa shape index (κ3) is 4.26. The number of nitrogens with one attached hydrogen (secondary N) is 3. The van der Waals surface area contributed by atoms with E-state index < -0.39 is 0 Å². The van der Waals surface area contributed by atoms with E-state index in [9.17, 15) is 4.79 Å². The molecule has 0 bridgehead atoms. The molecule has 1 saturated heterocycles. The van der Waals surface area contributed by atoms with Crippen LogP contribution < -0.4 is 15.4 Å². The van der Waals surface area contributed by atoms with Crippen LogP contribution in [-0.4, -0.2) is 52.9 Å². The molecule has 3 aromatic heterocycles. The first-order valence-electron chi connectivity index (χ1n) is 11.4. The Hall–Kier alpha value is -3.36. The number of hydrogen-bond acceptors (Lipinski definition) is 5. The number of carbonyl (C=O) groups is 1. The van der Waals surface area contributed by atoms with E-state index in [1.807, 2.05) is 24.7 Å². The molecule has 9 heteroatoms. The van der Waals surface area contributed by atoms with Crippen LogP contribution in [0.15, 0.2) is 43.0 Å². The topological polar surface area (TPSA) is 96.9 Å². The number of fused-ring (bicyclic) bond motifs is 1. The molecule has 3 N–H and O–H groups in total. The van der Waals surface area contributed by atoms with Crippen molar-refractivity contribution in [3.05, 3.63) is 64.7 Å². The molecular weight excluding hydrogens is 452 g/mol. The van der Waals surface area contributed by atoms with E-state index in [1.165, 1.54) is 0 Å². The summed E-state index contributed by atoms with van der Waals surface area (Å²) >= 11 is 6.60. The van der Waals surface area contributed by atoms with Crippen molar-refractivity contribution in [1.82, 2.24) is 30.4 Å². The van der Waals surface area contributed by atoms with Crippen molar-refractivity contribution in [3.8, 4) is 16.9 Å². The Balaban J connectivity index is 1.48. The van der Waals surface area contributed by atoms with E-state index in [4.69, 9.17) is 16.3 Å². The second kappa shape index (κ2) is 9.48. The maximum Gasteiger partial charge on any atom is 0.251 e. The van der Waals surface area contributed by atoms with E-state index in [-0.39, 0.29) is 5.91 Å². The number of ether oxygens (including phenoxy) is 1. The molecule has 1 amide bonds. The van der Waals surface area contributed by atoms with Crippen LogP contribution in [-0.2, 0) is 6.42 Å². The maximum atomic E-state index is 12.2. The van der Waals surface area contributed by atoms with Gasteiger partial charge in [0.15, 0.2) is 0 Å². The van der Waals surface area contributed by atoms with Gasteiger partial charge >= 0.3 is 0 Å². The van der Waals surface area contributed by atoms with Crippen LogP contribution in [0.25, 0.3) is 22.2 Å². The van der Waals surface area contributed by atoms with E-state index in [1.54, 1.807) is 20.2 Å². The molecule has 0 saturated carbocycles. The summed E-state index contributed by atoms with van der Waals surface area (Å²) in [6.07, 6.45) is 10.5. The average molecular weight is 479 g/mol. The number of halogens is 1. The predicted octanol–water partition coefficient (Wildman–Crippen LogP) is 3.96. The number of piperidine rings is 1. The Bertz CT molecular complexity index is 1340. The van der Waals surface area contributed by atoms with Crippen LogP contribution >= 0.6 is 11.6 Å². The molecule has 0 spiro atoms. The van der Waals surface area contributed by atoms with Crippen LogP contribution in [0.4, 0.5) is 0 Å². The van der Waals surface area contributed by atoms with Gasteiger partial charge in [-0.1, -0.05) is 11.6 Å². The number of pyridine rings is 1. The first kappa shape index (κ1) is 22.4. The SMILES string of the molecule is CNC(=O)c1cc(Cc2c[nH]c3ncc(-c4cnn(C5CCNCC5)c4)cc23)c(Cl)c(OC)c1. The van der Waals surface area contributed by atoms with Gasteiger partial charge in [0.1, 0.15) is 11.4 Å². The molecule has 0 aliphatic carbocycles. The third-order valence-corrected chi connectivity index (χ3v) is 6.87. The number of carbonyl (C=O) groups excluding carboxylic acids is 1. The van der Waals surface area contributed by atoms with Gasteiger partial charge in [-0.15, -0.1) is 0 Å². The molecule has 5 rings (SSSR count). The van der Waals surface area contributed by atoms with Crippen molar-refractivity contribution in [2.75, 3.05) is 27.2 Å². The first-order valence-corrected chi connectivity index (χ1v) is 11.7. The zero-order valence-corrected chi connectivity index (χ0v) is 19.9. The summed E-state index contributed by atoms with van der Waals surface area (Å²) in [4.78, 5) is 20.1. The van der Waals surface area contributed by atoms with Crippen LogP contribution in [0.1, 0.15) is 40.4 Å². The van der Waals surface area contributed by atoms with Gasteiger partial charge in [0.05, 0.1) is 24.4 Å². The summed E-state index contributed by atoms with van der Waals surface area (Å²) in [6.45, 7) is 2.04. The molecule has 0 unspecified atom stereocenters. The van der Waals surface area contributed by atoms with Gasteiger partial charge in [0.2, 0.25) is 0 Å². The van der Waals surface area contributed by atoms with Crippen LogP contribution in [0.2, 0.25) is 5.02 Å². The van der Waals surface area contributed by atoms with E-state index in [0.29, 0.717) is 28.8 Å². The number of aromatic amines is 1. The highest BCUT2D eigenvalue weighted by Gasteiger charge is 2.18. The number of benzene rings is 1. The number of H-pyrrole nitrogens is 1. The van der Waals surface area contributed by atoms with Gasteiger partial charge in [-0.25, -0.2) is 4.98 Å². The fourth-order valence-electron chi connectivity index (χ4n) is 4.53. The molecule has 0 atom stereocenters. The number of aromatic nitrogens is 4. The number of amides is 1. The monoisotopic (exact) mass is 478 g/mol. The Morgan fingerprint density at radius 2 is 2.03 bits per heavy atom. The second-order valence-corrected chi connectivity index (χ2v) is 8.91. The second-order valence-electron chi connectivity index (χ2n) is 8.53. The molecule has 4 heterocycles.